The number of nitrogens with one attached hydrogen (secondary N) is 1. The predicted octanol–water partition coefficient (Wildman–Crippen LogP) is 5.22. The Labute approximate surface area is 213 Å². The molecule has 3 heterocycles. The third-order valence-electron chi connectivity index (χ3n) is 7.06. The highest BCUT2D eigenvalue weighted by Gasteiger charge is 2.54. The van der Waals surface area contributed by atoms with Crippen molar-refractivity contribution in [2.24, 2.45) is 11.8 Å². The Morgan fingerprint density at radius 1 is 1.14 bits per heavy atom. The first-order chi connectivity index (χ1) is 17.5. The van der Waals surface area contributed by atoms with Gasteiger partial charge in [-0.25, -0.2) is 14.8 Å². The standard InChI is InChI=1S/C28H26N4O3S/c1-16-6-5-8-19(12-16)25-24(31-17(2)36-25)27(33)32-15-20-13-22(20)23(32)14-30-28(34)35-26-21-9-4-3-7-18(21)10-11-29-26/h3-12,20,22-23H,13-15H2,1-2H3,(H,30,34)/t20-,22-,23+/m0/s1. The van der Waals surface area contributed by atoms with E-state index in [0.29, 0.717) is 30.6 Å². The largest absolute Gasteiger partial charge is 0.414 e. The van der Waals surface area contributed by atoms with Crippen LogP contribution in [0.4, 0.5) is 4.79 Å². The predicted molar refractivity (Wildman–Crippen MR) is 139 cm³/mol. The van der Waals surface area contributed by atoms with Crippen molar-refractivity contribution in [1.82, 2.24) is 20.2 Å². The fourth-order valence-corrected chi connectivity index (χ4v) is 6.15. The molecule has 36 heavy (non-hydrogen) atoms. The second kappa shape index (κ2) is 9.02. The van der Waals surface area contributed by atoms with Crippen molar-refractivity contribution in [3.05, 3.63) is 77.1 Å². The van der Waals surface area contributed by atoms with Gasteiger partial charge in [-0.15, -0.1) is 11.3 Å². The van der Waals surface area contributed by atoms with Crippen LogP contribution in [0.2, 0.25) is 0 Å². The number of thiazole rings is 1. The minimum atomic E-state index is -0.569. The number of hydrogen-bond acceptors (Lipinski definition) is 6. The molecule has 1 saturated carbocycles. The van der Waals surface area contributed by atoms with E-state index >= 15 is 0 Å². The summed E-state index contributed by atoms with van der Waals surface area (Å²) in [6.07, 6.45) is 2.13. The minimum Gasteiger partial charge on any atom is -0.391 e. The molecule has 0 spiro atoms. The van der Waals surface area contributed by atoms with Gasteiger partial charge in [-0.2, -0.15) is 0 Å². The van der Waals surface area contributed by atoms with Crippen LogP contribution in [-0.4, -0.2) is 46.0 Å². The number of carbonyl (C=O) groups excluding carboxylic acids is 2. The fourth-order valence-electron chi connectivity index (χ4n) is 5.24. The highest BCUT2D eigenvalue weighted by atomic mass is 32.1. The average molecular weight is 499 g/mol. The molecule has 0 radical (unpaired) electrons. The van der Waals surface area contributed by atoms with Crippen LogP contribution in [0.1, 0.15) is 27.5 Å². The molecule has 4 aromatic rings. The van der Waals surface area contributed by atoms with E-state index in [9.17, 15) is 9.59 Å². The topological polar surface area (TPSA) is 84.4 Å². The van der Waals surface area contributed by atoms with Gasteiger partial charge in [0, 0.05) is 24.7 Å². The molecular weight excluding hydrogens is 472 g/mol. The minimum absolute atomic E-state index is 0.0704. The van der Waals surface area contributed by atoms with E-state index in [4.69, 9.17) is 4.74 Å². The molecule has 1 N–H and O–H groups in total. The zero-order chi connectivity index (χ0) is 24.8. The second-order valence-corrected chi connectivity index (χ2v) is 10.8. The lowest BCUT2D eigenvalue weighted by Crippen LogP contribution is -2.46. The number of likely N-dealkylation sites (tertiary alicyclic amines) is 1. The first kappa shape index (κ1) is 22.7. The monoisotopic (exact) mass is 498 g/mol. The zero-order valence-corrected chi connectivity index (χ0v) is 20.9. The van der Waals surface area contributed by atoms with Gasteiger partial charge in [0.1, 0.15) is 5.69 Å². The third kappa shape index (κ3) is 4.22. The Kier molecular flexibility index (Phi) is 5.68. The van der Waals surface area contributed by atoms with Crippen molar-refractivity contribution in [1.29, 1.82) is 0 Å². The Hall–Kier alpha value is -3.78. The molecule has 1 aliphatic heterocycles. The number of aryl methyl sites for hydroxylation is 2. The Morgan fingerprint density at radius 3 is 2.86 bits per heavy atom. The molecule has 2 aromatic heterocycles. The summed E-state index contributed by atoms with van der Waals surface area (Å²) in [7, 11) is 0. The van der Waals surface area contributed by atoms with Gasteiger partial charge in [0.15, 0.2) is 0 Å². The smallest absolute Gasteiger partial charge is 0.391 e. The summed E-state index contributed by atoms with van der Waals surface area (Å²) in [4.78, 5) is 38.0. The highest BCUT2D eigenvalue weighted by molar-refractivity contribution is 7.15. The SMILES string of the molecule is Cc1cccc(-c2sc(C)nc2C(=O)N2C[C@@H]3C[C@@H]3[C@H]2CNC(=O)Oc2nccc3ccccc23)c1. The Balaban J connectivity index is 1.18. The van der Waals surface area contributed by atoms with Crippen LogP contribution in [0.15, 0.2) is 60.8 Å². The van der Waals surface area contributed by atoms with Crippen LogP contribution in [-0.2, 0) is 0 Å². The van der Waals surface area contributed by atoms with Gasteiger partial charge in [0.2, 0.25) is 5.88 Å². The van der Waals surface area contributed by atoms with Crippen LogP contribution in [0.25, 0.3) is 21.2 Å². The average Bonchev–Trinajstić information content (AvgIpc) is 3.39. The molecular formula is C28H26N4O3S. The van der Waals surface area contributed by atoms with E-state index in [1.165, 1.54) is 0 Å². The van der Waals surface area contributed by atoms with Gasteiger partial charge < -0.3 is 15.0 Å². The zero-order valence-electron chi connectivity index (χ0n) is 20.1. The summed E-state index contributed by atoms with van der Waals surface area (Å²) in [5, 5.41) is 5.46. The van der Waals surface area contributed by atoms with Crippen molar-refractivity contribution in [3.8, 4) is 16.3 Å². The van der Waals surface area contributed by atoms with Crippen LogP contribution >= 0.6 is 11.3 Å². The maximum atomic E-state index is 13.7. The maximum absolute atomic E-state index is 13.7. The van der Waals surface area contributed by atoms with Crippen molar-refractivity contribution < 1.29 is 14.3 Å². The van der Waals surface area contributed by atoms with Crippen LogP contribution in [0.5, 0.6) is 5.88 Å². The maximum Gasteiger partial charge on any atom is 0.414 e. The van der Waals surface area contributed by atoms with Crippen LogP contribution < -0.4 is 10.1 Å². The Bertz CT molecular complexity index is 1480. The first-order valence-corrected chi connectivity index (χ1v) is 12.9. The van der Waals surface area contributed by atoms with E-state index in [1.807, 2.05) is 67.3 Å². The van der Waals surface area contributed by atoms with Crippen molar-refractivity contribution in [2.45, 2.75) is 26.3 Å². The number of ether oxygens (including phenoxy) is 1. The van der Waals surface area contributed by atoms with Gasteiger partial charge in [0.05, 0.1) is 15.9 Å². The quantitative estimate of drug-likeness (QED) is 0.408. The molecule has 1 aliphatic carbocycles. The number of rotatable bonds is 5. The number of carbonyl (C=O) groups is 2. The molecule has 6 rings (SSSR count). The highest BCUT2D eigenvalue weighted by Crippen LogP contribution is 2.50. The fraction of sp³-hybridized carbons (Fsp3) is 0.286. The lowest BCUT2D eigenvalue weighted by Gasteiger charge is -2.27. The molecule has 7 nitrogen and oxygen atoms in total. The van der Waals surface area contributed by atoms with Crippen LogP contribution in [0.3, 0.4) is 0 Å². The number of hydrogen-bond donors (Lipinski definition) is 1. The van der Waals surface area contributed by atoms with E-state index in [1.54, 1.807) is 17.5 Å². The third-order valence-corrected chi connectivity index (χ3v) is 8.08. The number of nitrogens with zero attached hydrogens (tertiary/aromatic N) is 3. The molecule has 2 amide bonds. The van der Waals surface area contributed by atoms with Gasteiger partial charge in [-0.1, -0.05) is 48.0 Å². The summed E-state index contributed by atoms with van der Waals surface area (Å²) < 4.78 is 5.53. The number of piperidine rings is 1. The summed E-state index contributed by atoms with van der Waals surface area (Å²) in [5.74, 6) is 1.08. The molecule has 1 saturated heterocycles. The van der Waals surface area contributed by atoms with Gasteiger partial charge in [0.25, 0.3) is 5.91 Å². The van der Waals surface area contributed by atoms with Crippen molar-refractivity contribution >= 4 is 34.1 Å². The molecule has 3 atom stereocenters. The summed E-state index contributed by atoms with van der Waals surface area (Å²) >= 11 is 1.54. The van der Waals surface area contributed by atoms with Gasteiger partial charge in [-0.05, 0) is 55.2 Å². The number of fused-ring (bicyclic) bond motifs is 2. The first-order valence-electron chi connectivity index (χ1n) is 12.1. The van der Waals surface area contributed by atoms with E-state index in [2.05, 4.69) is 21.4 Å². The van der Waals surface area contributed by atoms with Crippen molar-refractivity contribution in [3.63, 3.8) is 0 Å². The summed E-state index contributed by atoms with van der Waals surface area (Å²) in [6.45, 7) is 5.00. The molecule has 182 valence electrons. The molecule has 2 aliphatic rings. The summed E-state index contributed by atoms with van der Waals surface area (Å²) in [5.41, 5.74) is 2.65. The molecule has 8 heteroatoms. The normalized spacial score (nSPS) is 20.3. The van der Waals surface area contributed by atoms with Crippen LogP contribution in [0, 0.1) is 25.7 Å². The summed E-state index contributed by atoms with van der Waals surface area (Å²) in [6, 6.07) is 17.6. The van der Waals surface area contributed by atoms with Gasteiger partial charge >= 0.3 is 6.09 Å². The second-order valence-electron chi connectivity index (χ2n) is 9.57. The van der Waals surface area contributed by atoms with E-state index in [0.717, 1.165) is 38.2 Å². The molecule has 2 fully saturated rings. The number of pyridine rings is 1. The van der Waals surface area contributed by atoms with E-state index in [-0.39, 0.29) is 17.8 Å². The lowest BCUT2D eigenvalue weighted by molar-refractivity contribution is 0.0700. The number of aromatic nitrogens is 2. The van der Waals surface area contributed by atoms with Gasteiger partial charge in [-0.3, -0.25) is 4.79 Å². The Morgan fingerprint density at radius 2 is 2.00 bits per heavy atom. The van der Waals surface area contributed by atoms with E-state index < -0.39 is 6.09 Å². The number of benzene rings is 2. The number of amides is 2. The molecule has 0 bridgehead atoms. The molecule has 2 aromatic carbocycles. The van der Waals surface area contributed by atoms with Crippen molar-refractivity contribution in [2.75, 3.05) is 13.1 Å². The molecule has 0 unspecified atom stereocenters. The lowest BCUT2D eigenvalue weighted by atomic mass is 10.1.